The van der Waals surface area contributed by atoms with Gasteiger partial charge in [-0.3, -0.25) is 0 Å². The second kappa shape index (κ2) is 9.09. The van der Waals surface area contributed by atoms with E-state index in [2.05, 4.69) is 35.6 Å². The second-order valence-electron chi connectivity index (χ2n) is 5.18. The zero-order valence-electron chi connectivity index (χ0n) is 12.1. The zero-order valence-corrected chi connectivity index (χ0v) is 13.6. The molecular weight excluding hydrogens is 301 g/mol. The van der Waals surface area contributed by atoms with Crippen LogP contribution < -0.4 is 5.32 Å². The summed E-state index contributed by atoms with van der Waals surface area (Å²) < 4.78 is 0. The fourth-order valence-electron chi connectivity index (χ4n) is 2.30. The molecule has 0 radical (unpaired) electrons. The highest BCUT2D eigenvalue weighted by molar-refractivity contribution is 6.35. The van der Waals surface area contributed by atoms with E-state index in [0.29, 0.717) is 5.02 Å². The topological polar surface area (TPSA) is 12.0 Å². The molecule has 0 spiro atoms. The summed E-state index contributed by atoms with van der Waals surface area (Å²) >= 11 is 12.0. The van der Waals surface area contributed by atoms with E-state index in [0.717, 1.165) is 36.5 Å². The third kappa shape index (κ3) is 6.09. The summed E-state index contributed by atoms with van der Waals surface area (Å²) in [5.74, 6) is 0. The number of nitrogens with one attached hydrogen (secondary N) is 1. The molecule has 0 aliphatic rings. The van der Waals surface area contributed by atoms with Gasteiger partial charge < -0.3 is 5.32 Å². The van der Waals surface area contributed by atoms with E-state index in [4.69, 9.17) is 23.2 Å². The van der Waals surface area contributed by atoms with Gasteiger partial charge in [-0.05, 0) is 62.0 Å². The van der Waals surface area contributed by atoms with Crippen LogP contribution in [0.25, 0.3) is 0 Å². The van der Waals surface area contributed by atoms with Crippen molar-refractivity contribution in [1.82, 2.24) is 5.32 Å². The van der Waals surface area contributed by atoms with E-state index >= 15 is 0 Å². The Morgan fingerprint density at radius 1 is 0.810 bits per heavy atom. The van der Waals surface area contributed by atoms with Gasteiger partial charge in [-0.25, -0.2) is 0 Å². The van der Waals surface area contributed by atoms with Crippen molar-refractivity contribution in [3.63, 3.8) is 0 Å². The molecule has 0 saturated heterocycles. The monoisotopic (exact) mass is 321 g/mol. The van der Waals surface area contributed by atoms with Crippen LogP contribution in [0.2, 0.25) is 10.0 Å². The third-order valence-corrected chi connectivity index (χ3v) is 4.09. The number of hydrogen-bond donors (Lipinski definition) is 1. The highest BCUT2D eigenvalue weighted by Crippen LogP contribution is 2.21. The van der Waals surface area contributed by atoms with Crippen LogP contribution in [-0.4, -0.2) is 13.1 Å². The maximum Gasteiger partial charge on any atom is 0.0453 e. The van der Waals surface area contributed by atoms with Crippen LogP contribution in [0.4, 0.5) is 0 Å². The van der Waals surface area contributed by atoms with Gasteiger partial charge >= 0.3 is 0 Å². The molecule has 1 nitrogen and oxygen atoms in total. The normalized spacial score (nSPS) is 10.8. The van der Waals surface area contributed by atoms with Crippen LogP contribution in [0.5, 0.6) is 0 Å². The molecule has 0 aromatic heterocycles. The third-order valence-electron chi connectivity index (χ3n) is 3.50. The summed E-state index contributed by atoms with van der Waals surface area (Å²) in [4.78, 5) is 0. The predicted molar refractivity (Wildman–Crippen MR) is 92.4 cm³/mol. The maximum absolute atomic E-state index is 6.15. The fourth-order valence-corrected chi connectivity index (χ4v) is 2.80. The summed E-state index contributed by atoms with van der Waals surface area (Å²) in [5.41, 5.74) is 2.57. The van der Waals surface area contributed by atoms with Crippen molar-refractivity contribution in [2.45, 2.75) is 25.7 Å². The van der Waals surface area contributed by atoms with Gasteiger partial charge in [0.05, 0.1) is 0 Å². The van der Waals surface area contributed by atoms with Gasteiger partial charge in [0.15, 0.2) is 0 Å². The minimum Gasteiger partial charge on any atom is -0.316 e. The van der Waals surface area contributed by atoms with Crippen molar-refractivity contribution in [3.8, 4) is 0 Å². The number of aryl methyl sites for hydroxylation is 1. The molecule has 0 fully saturated rings. The van der Waals surface area contributed by atoms with E-state index in [1.54, 1.807) is 6.07 Å². The zero-order chi connectivity index (χ0) is 14.9. The standard InChI is InChI=1S/C18H21Cl2N/c19-17-10-9-16(18(20)14-17)11-13-21-12-5-4-8-15-6-2-1-3-7-15/h1-3,6-7,9-10,14,21H,4-5,8,11-13H2. The van der Waals surface area contributed by atoms with E-state index in [1.165, 1.54) is 18.4 Å². The summed E-state index contributed by atoms with van der Waals surface area (Å²) in [5, 5.41) is 4.92. The molecule has 1 N–H and O–H groups in total. The molecule has 0 aliphatic heterocycles. The molecule has 0 heterocycles. The van der Waals surface area contributed by atoms with E-state index < -0.39 is 0 Å². The number of rotatable bonds is 8. The van der Waals surface area contributed by atoms with Crippen LogP contribution in [-0.2, 0) is 12.8 Å². The largest absolute Gasteiger partial charge is 0.316 e. The van der Waals surface area contributed by atoms with Crippen molar-refractivity contribution >= 4 is 23.2 Å². The Labute approximate surface area is 137 Å². The Morgan fingerprint density at radius 2 is 1.62 bits per heavy atom. The van der Waals surface area contributed by atoms with Gasteiger partial charge in [0.1, 0.15) is 0 Å². The number of benzene rings is 2. The summed E-state index contributed by atoms with van der Waals surface area (Å²) in [6, 6.07) is 16.3. The van der Waals surface area contributed by atoms with Crippen molar-refractivity contribution in [2.24, 2.45) is 0 Å². The fraction of sp³-hybridized carbons (Fsp3) is 0.333. The van der Waals surface area contributed by atoms with Gasteiger partial charge in [0.25, 0.3) is 0 Å². The molecule has 21 heavy (non-hydrogen) atoms. The molecule has 0 aliphatic carbocycles. The van der Waals surface area contributed by atoms with Crippen LogP contribution in [0.1, 0.15) is 24.0 Å². The Morgan fingerprint density at radius 3 is 2.38 bits per heavy atom. The van der Waals surface area contributed by atoms with Gasteiger partial charge in [-0.2, -0.15) is 0 Å². The van der Waals surface area contributed by atoms with Crippen molar-refractivity contribution in [2.75, 3.05) is 13.1 Å². The van der Waals surface area contributed by atoms with Gasteiger partial charge in [0.2, 0.25) is 0 Å². The Bertz CT molecular complexity index is 540. The van der Waals surface area contributed by atoms with E-state index in [9.17, 15) is 0 Å². The Kier molecular flexibility index (Phi) is 7.08. The molecule has 112 valence electrons. The molecule has 0 saturated carbocycles. The van der Waals surface area contributed by atoms with Crippen molar-refractivity contribution < 1.29 is 0 Å². The minimum atomic E-state index is 0.692. The van der Waals surface area contributed by atoms with E-state index in [-0.39, 0.29) is 0 Å². The van der Waals surface area contributed by atoms with Crippen molar-refractivity contribution in [1.29, 1.82) is 0 Å². The minimum absolute atomic E-state index is 0.692. The summed E-state index contributed by atoms with van der Waals surface area (Å²) in [7, 11) is 0. The molecule has 0 atom stereocenters. The highest BCUT2D eigenvalue weighted by atomic mass is 35.5. The molecule has 0 amide bonds. The summed E-state index contributed by atoms with van der Waals surface area (Å²) in [6.07, 6.45) is 4.52. The lowest BCUT2D eigenvalue weighted by molar-refractivity contribution is 0.622. The lowest BCUT2D eigenvalue weighted by Gasteiger charge is -2.07. The maximum atomic E-state index is 6.15. The lowest BCUT2D eigenvalue weighted by atomic mass is 10.1. The first kappa shape index (κ1) is 16.4. The highest BCUT2D eigenvalue weighted by Gasteiger charge is 2.00. The molecule has 2 aromatic carbocycles. The molecular formula is C18H21Cl2N. The SMILES string of the molecule is Clc1ccc(CCNCCCCc2ccccc2)c(Cl)c1. The van der Waals surface area contributed by atoms with E-state index in [1.807, 2.05) is 12.1 Å². The molecule has 2 rings (SSSR count). The first-order chi connectivity index (χ1) is 10.3. The Balaban J connectivity index is 1.56. The van der Waals surface area contributed by atoms with Crippen LogP contribution in [0.15, 0.2) is 48.5 Å². The Hall–Kier alpha value is -1.02. The second-order valence-corrected chi connectivity index (χ2v) is 6.02. The first-order valence-electron chi connectivity index (χ1n) is 7.44. The smallest absolute Gasteiger partial charge is 0.0453 e. The van der Waals surface area contributed by atoms with Gasteiger partial charge in [0, 0.05) is 10.0 Å². The predicted octanol–water partition coefficient (Wildman–Crippen LogP) is 5.15. The van der Waals surface area contributed by atoms with Gasteiger partial charge in [-0.15, -0.1) is 0 Å². The molecule has 3 heteroatoms. The molecule has 0 unspecified atom stereocenters. The average Bonchev–Trinajstić information content (AvgIpc) is 2.49. The van der Waals surface area contributed by atoms with Crippen LogP contribution >= 0.6 is 23.2 Å². The lowest BCUT2D eigenvalue weighted by Crippen LogP contribution is -2.18. The molecule has 2 aromatic rings. The number of halogens is 2. The van der Waals surface area contributed by atoms with Crippen LogP contribution in [0.3, 0.4) is 0 Å². The van der Waals surface area contributed by atoms with Gasteiger partial charge in [-0.1, -0.05) is 59.6 Å². The first-order valence-corrected chi connectivity index (χ1v) is 8.20. The number of unbranched alkanes of at least 4 members (excludes halogenated alkanes) is 1. The van der Waals surface area contributed by atoms with Crippen LogP contribution in [0, 0.1) is 0 Å². The molecule has 0 bridgehead atoms. The average molecular weight is 322 g/mol. The quantitative estimate of drug-likeness (QED) is 0.663. The summed E-state index contributed by atoms with van der Waals surface area (Å²) in [6.45, 7) is 2.00. The van der Waals surface area contributed by atoms with Crippen molar-refractivity contribution in [3.05, 3.63) is 69.7 Å². The number of hydrogen-bond acceptors (Lipinski definition) is 1.